The molecule has 0 heterocycles. The van der Waals surface area contributed by atoms with Gasteiger partial charge < -0.3 is 5.73 Å². The second kappa shape index (κ2) is 13.3. The Balaban J connectivity index is 3.56. The summed E-state index contributed by atoms with van der Waals surface area (Å²) in [5.74, 6) is 0.398. The third-order valence-electron chi connectivity index (χ3n) is 5.09. The number of hydrogen-bond acceptors (Lipinski definition) is 2. The predicted octanol–water partition coefficient (Wildman–Crippen LogP) is 5.63. The summed E-state index contributed by atoms with van der Waals surface area (Å²) in [6.45, 7) is 6.95. The van der Waals surface area contributed by atoms with Crippen LogP contribution in [0, 0.1) is 5.41 Å². The monoisotopic (exact) mass is 297 g/mol. The Labute approximate surface area is 133 Å². The second-order valence-corrected chi connectivity index (χ2v) is 6.55. The lowest BCUT2D eigenvalue weighted by Gasteiger charge is -2.28. The lowest BCUT2D eigenvalue weighted by atomic mass is 9.76. The molecular formula is C19H39NO. The fourth-order valence-corrected chi connectivity index (χ4v) is 3.09. The van der Waals surface area contributed by atoms with Gasteiger partial charge in [-0.05, 0) is 19.3 Å². The van der Waals surface area contributed by atoms with Crippen molar-refractivity contribution < 1.29 is 4.79 Å². The largest absolute Gasteiger partial charge is 0.329 e. The summed E-state index contributed by atoms with van der Waals surface area (Å²) in [6, 6.07) is 0. The molecule has 21 heavy (non-hydrogen) atoms. The topological polar surface area (TPSA) is 43.1 Å². The van der Waals surface area contributed by atoms with Crippen molar-refractivity contribution in [3.63, 3.8) is 0 Å². The molecule has 2 nitrogen and oxygen atoms in total. The minimum atomic E-state index is -0.237. The van der Waals surface area contributed by atoms with Gasteiger partial charge in [-0.25, -0.2) is 0 Å². The van der Waals surface area contributed by atoms with Crippen LogP contribution in [0.15, 0.2) is 0 Å². The average Bonchev–Trinajstić information content (AvgIpc) is 2.51. The summed E-state index contributed by atoms with van der Waals surface area (Å²) in [6.07, 6.45) is 15.7. The van der Waals surface area contributed by atoms with E-state index in [2.05, 4.69) is 20.8 Å². The van der Waals surface area contributed by atoms with E-state index in [1.54, 1.807) is 0 Å². The Morgan fingerprint density at radius 1 is 0.762 bits per heavy atom. The van der Waals surface area contributed by atoms with Crippen LogP contribution in [0.5, 0.6) is 0 Å². The Kier molecular flexibility index (Phi) is 13.1. The minimum absolute atomic E-state index is 0.237. The van der Waals surface area contributed by atoms with Crippen LogP contribution >= 0.6 is 0 Å². The van der Waals surface area contributed by atoms with Crippen LogP contribution in [-0.4, -0.2) is 12.3 Å². The standard InChI is InChI=1S/C19H39NO/c1-4-7-8-9-10-11-12-13-14-15-16-18(21)19(5-2,6-3)17-20/h4-17,20H2,1-3H3. The fraction of sp³-hybridized carbons (Fsp3) is 0.947. The maximum atomic E-state index is 12.3. The summed E-state index contributed by atoms with van der Waals surface area (Å²) in [5, 5.41) is 0. The Morgan fingerprint density at radius 3 is 1.57 bits per heavy atom. The zero-order valence-corrected chi connectivity index (χ0v) is 14.9. The average molecular weight is 298 g/mol. The molecule has 0 atom stereocenters. The van der Waals surface area contributed by atoms with Crippen molar-refractivity contribution in [2.24, 2.45) is 11.1 Å². The third-order valence-corrected chi connectivity index (χ3v) is 5.09. The van der Waals surface area contributed by atoms with Gasteiger partial charge in [-0.3, -0.25) is 4.79 Å². The molecule has 0 aromatic rings. The quantitative estimate of drug-likeness (QED) is 0.398. The van der Waals surface area contributed by atoms with Crippen molar-refractivity contribution >= 4 is 5.78 Å². The first-order valence-electron chi connectivity index (χ1n) is 9.40. The van der Waals surface area contributed by atoms with Gasteiger partial charge in [0.1, 0.15) is 5.78 Å². The number of unbranched alkanes of at least 4 members (excludes halogenated alkanes) is 9. The first kappa shape index (κ1) is 20.6. The van der Waals surface area contributed by atoms with Gasteiger partial charge in [0, 0.05) is 18.4 Å². The molecule has 2 N–H and O–H groups in total. The Hall–Kier alpha value is -0.370. The fourth-order valence-electron chi connectivity index (χ4n) is 3.09. The molecule has 0 radical (unpaired) electrons. The number of carbonyl (C=O) groups is 1. The first-order valence-corrected chi connectivity index (χ1v) is 9.40. The SMILES string of the molecule is CCCCCCCCCCCCC(=O)C(CC)(CC)CN. The second-order valence-electron chi connectivity index (χ2n) is 6.55. The van der Waals surface area contributed by atoms with Gasteiger partial charge in [-0.15, -0.1) is 0 Å². The molecule has 0 amide bonds. The number of ketones is 1. The van der Waals surface area contributed by atoms with E-state index in [1.807, 2.05) is 0 Å². The van der Waals surface area contributed by atoms with Gasteiger partial charge in [0.15, 0.2) is 0 Å². The highest BCUT2D eigenvalue weighted by Gasteiger charge is 2.31. The van der Waals surface area contributed by atoms with Crippen LogP contribution < -0.4 is 5.73 Å². The van der Waals surface area contributed by atoms with Gasteiger partial charge in [0.2, 0.25) is 0 Å². The summed E-state index contributed by atoms with van der Waals surface area (Å²) in [7, 11) is 0. The zero-order chi connectivity index (χ0) is 16.0. The molecule has 2 heteroatoms. The van der Waals surface area contributed by atoms with Crippen molar-refractivity contribution in [3.8, 4) is 0 Å². The normalized spacial score (nSPS) is 11.8. The summed E-state index contributed by atoms with van der Waals surface area (Å²) < 4.78 is 0. The number of hydrogen-bond donors (Lipinski definition) is 1. The van der Waals surface area contributed by atoms with Crippen LogP contribution in [0.3, 0.4) is 0 Å². The lowest BCUT2D eigenvalue weighted by Crippen LogP contribution is -2.37. The van der Waals surface area contributed by atoms with Crippen LogP contribution in [-0.2, 0) is 4.79 Å². The first-order chi connectivity index (χ1) is 10.2. The molecule has 0 rings (SSSR count). The molecule has 0 fully saturated rings. The molecule has 0 aromatic heterocycles. The van der Waals surface area contributed by atoms with E-state index in [9.17, 15) is 4.79 Å². The van der Waals surface area contributed by atoms with Gasteiger partial charge in [-0.1, -0.05) is 78.6 Å². The zero-order valence-electron chi connectivity index (χ0n) is 14.9. The number of rotatable bonds is 15. The Morgan fingerprint density at radius 2 is 1.19 bits per heavy atom. The van der Waals surface area contributed by atoms with E-state index in [-0.39, 0.29) is 5.41 Å². The molecule has 126 valence electrons. The third kappa shape index (κ3) is 8.60. The van der Waals surface area contributed by atoms with Crippen LogP contribution in [0.4, 0.5) is 0 Å². The predicted molar refractivity (Wildman–Crippen MR) is 93.5 cm³/mol. The van der Waals surface area contributed by atoms with Crippen molar-refractivity contribution in [1.82, 2.24) is 0 Å². The maximum Gasteiger partial charge on any atom is 0.140 e. The number of Topliss-reactive ketones (excluding diaryl/α,β-unsaturated/α-hetero) is 1. The van der Waals surface area contributed by atoms with E-state index >= 15 is 0 Å². The lowest BCUT2D eigenvalue weighted by molar-refractivity contribution is -0.128. The smallest absolute Gasteiger partial charge is 0.140 e. The summed E-state index contributed by atoms with van der Waals surface area (Å²) in [5.41, 5.74) is 5.59. The molecular weight excluding hydrogens is 258 g/mol. The van der Waals surface area contributed by atoms with Crippen molar-refractivity contribution in [3.05, 3.63) is 0 Å². The van der Waals surface area contributed by atoms with Crippen LogP contribution in [0.2, 0.25) is 0 Å². The number of nitrogens with two attached hydrogens (primary N) is 1. The molecule has 0 saturated carbocycles. The van der Waals surface area contributed by atoms with Gasteiger partial charge in [0.05, 0.1) is 0 Å². The minimum Gasteiger partial charge on any atom is -0.329 e. The van der Waals surface area contributed by atoms with Gasteiger partial charge in [-0.2, -0.15) is 0 Å². The van der Waals surface area contributed by atoms with E-state index in [4.69, 9.17) is 5.73 Å². The molecule has 0 saturated heterocycles. The van der Waals surface area contributed by atoms with E-state index in [1.165, 1.54) is 57.8 Å². The highest BCUT2D eigenvalue weighted by atomic mass is 16.1. The van der Waals surface area contributed by atoms with Crippen LogP contribution in [0.25, 0.3) is 0 Å². The molecule has 0 unspecified atom stereocenters. The summed E-state index contributed by atoms with van der Waals surface area (Å²) in [4.78, 5) is 12.3. The number of carbonyl (C=O) groups excluding carboxylic acids is 1. The van der Waals surface area contributed by atoms with E-state index < -0.39 is 0 Å². The highest BCUT2D eigenvalue weighted by molar-refractivity contribution is 5.84. The molecule has 0 bridgehead atoms. The Bertz CT molecular complexity index is 238. The molecule has 0 aliphatic carbocycles. The molecule has 0 aliphatic heterocycles. The van der Waals surface area contributed by atoms with E-state index in [0.717, 1.165) is 25.7 Å². The molecule has 0 aliphatic rings. The van der Waals surface area contributed by atoms with Gasteiger partial charge in [0.25, 0.3) is 0 Å². The highest BCUT2D eigenvalue weighted by Crippen LogP contribution is 2.28. The van der Waals surface area contributed by atoms with E-state index in [0.29, 0.717) is 12.3 Å². The molecule has 0 aromatic carbocycles. The molecule has 0 spiro atoms. The van der Waals surface area contributed by atoms with Crippen LogP contribution in [0.1, 0.15) is 104 Å². The van der Waals surface area contributed by atoms with Crippen molar-refractivity contribution in [1.29, 1.82) is 0 Å². The maximum absolute atomic E-state index is 12.3. The van der Waals surface area contributed by atoms with Crippen molar-refractivity contribution in [2.45, 2.75) is 104 Å². The van der Waals surface area contributed by atoms with Gasteiger partial charge >= 0.3 is 0 Å². The van der Waals surface area contributed by atoms with Crippen molar-refractivity contribution in [2.75, 3.05) is 6.54 Å². The summed E-state index contributed by atoms with van der Waals surface area (Å²) >= 11 is 0.